The molecule has 0 aromatic heterocycles. The van der Waals surface area contributed by atoms with Gasteiger partial charge in [0, 0.05) is 19.6 Å². The summed E-state index contributed by atoms with van der Waals surface area (Å²) in [4.78, 5) is 5.59. The highest BCUT2D eigenvalue weighted by molar-refractivity contribution is 7.80. The summed E-state index contributed by atoms with van der Waals surface area (Å²) in [7, 11) is 0. The van der Waals surface area contributed by atoms with E-state index >= 15 is 0 Å². The van der Waals surface area contributed by atoms with E-state index in [2.05, 4.69) is 70.5 Å². The molecule has 120 valence electrons. The van der Waals surface area contributed by atoms with E-state index in [9.17, 15) is 0 Å². The van der Waals surface area contributed by atoms with E-state index in [0.717, 1.165) is 37.9 Å². The summed E-state index contributed by atoms with van der Waals surface area (Å²) in [6.45, 7) is 4.86. The quantitative estimate of drug-likeness (QED) is 0.757. The van der Waals surface area contributed by atoms with Crippen molar-refractivity contribution in [2.45, 2.75) is 13.1 Å². The number of rotatable bonds is 6. The van der Waals surface area contributed by atoms with Crippen molar-refractivity contribution in [1.82, 2.24) is 9.80 Å². The molecule has 1 aliphatic heterocycles. The lowest BCUT2D eigenvalue weighted by Gasteiger charge is -2.34. The molecular formula is C19H22N2OS. The normalized spacial score (nSPS) is 15.2. The Hall–Kier alpha value is -1.75. The lowest BCUT2D eigenvalue weighted by Crippen LogP contribution is -2.46. The second kappa shape index (κ2) is 8.20. The molecule has 0 saturated carbocycles. The summed E-state index contributed by atoms with van der Waals surface area (Å²) < 4.78 is 5.43. The minimum atomic E-state index is 0.569. The molecule has 2 aromatic carbocycles. The monoisotopic (exact) mass is 326 g/mol. The smallest absolute Gasteiger partial charge is 0.105 e. The Bertz CT molecular complexity index is 576. The van der Waals surface area contributed by atoms with E-state index in [1.165, 1.54) is 11.1 Å². The van der Waals surface area contributed by atoms with Crippen LogP contribution in [-0.4, -0.2) is 41.2 Å². The molecule has 3 nitrogen and oxygen atoms in total. The van der Waals surface area contributed by atoms with E-state index in [-0.39, 0.29) is 0 Å². The van der Waals surface area contributed by atoms with Gasteiger partial charge in [-0.25, -0.2) is 0 Å². The zero-order valence-electron chi connectivity index (χ0n) is 13.2. The number of hydrogen-bond acceptors (Lipinski definition) is 3. The Balaban J connectivity index is 1.71. The summed E-state index contributed by atoms with van der Waals surface area (Å²) in [6.07, 6.45) is 0. The van der Waals surface area contributed by atoms with Gasteiger partial charge in [0.1, 0.15) is 4.99 Å². The largest absolute Gasteiger partial charge is 0.372 e. The predicted molar refractivity (Wildman–Crippen MR) is 97.1 cm³/mol. The van der Waals surface area contributed by atoms with Gasteiger partial charge in [-0.15, -0.1) is 0 Å². The van der Waals surface area contributed by atoms with Crippen molar-refractivity contribution in [3.8, 4) is 0 Å². The van der Waals surface area contributed by atoms with Gasteiger partial charge in [0.05, 0.1) is 19.9 Å². The zero-order valence-corrected chi connectivity index (χ0v) is 14.0. The number of ether oxygens (including phenoxy) is 1. The molecule has 0 atom stereocenters. The van der Waals surface area contributed by atoms with Crippen LogP contribution in [0.15, 0.2) is 60.7 Å². The van der Waals surface area contributed by atoms with E-state index in [1.54, 1.807) is 0 Å². The van der Waals surface area contributed by atoms with Crippen molar-refractivity contribution >= 4 is 17.2 Å². The van der Waals surface area contributed by atoms with Crippen molar-refractivity contribution in [2.24, 2.45) is 0 Å². The fourth-order valence-electron chi connectivity index (χ4n) is 2.78. The Kier molecular flexibility index (Phi) is 5.75. The fourth-order valence-corrected chi connectivity index (χ4v) is 3.01. The van der Waals surface area contributed by atoms with Crippen LogP contribution in [0.1, 0.15) is 11.1 Å². The minimum Gasteiger partial charge on any atom is -0.372 e. The topological polar surface area (TPSA) is 15.7 Å². The van der Waals surface area contributed by atoms with Gasteiger partial charge in [-0.1, -0.05) is 72.9 Å². The number of morpholine rings is 1. The van der Waals surface area contributed by atoms with E-state index < -0.39 is 0 Å². The maximum absolute atomic E-state index is 5.45. The van der Waals surface area contributed by atoms with Gasteiger partial charge in [0.15, 0.2) is 0 Å². The number of hydrogen-bond donors (Lipinski definition) is 0. The summed E-state index contributed by atoms with van der Waals surface area (Å²) in [6, 6.07) is 21.2. The van der Waals surface area contributed by atoms with Gasteiger partial charge in [-0.05, 0) is 11.1 Å². The minimum absolute atomic E-state index is 0.569. The highest BCUT2D eigenvalue weighted by Gasteiger charge is 2.18. The van der Waals surface area contributed by atoms with Crippen LogP contribution in [0, 0.1) is 0 Å². The molecule has 0 amide bonds. The summed E-state index contributed by atoms with van der Waals surface area (Å²) in [5.41, 5.74) is 2.64. The molecule has 0 bridgehead atoms. The molecule has 1 aliphatic rings. The average Bonchev–Trinajstić information content (AvgIpc) is 2.59. The van der Waals surface area contributed by atoms with Crippen molar-refractivity contribution in [1.29, 1.82) is 0 Å². The SMILES string of the molecule is S=C1COCCN1CN(Cc1ccccc1)Cc1ccccc1. The van der Waals surface area contributed by atoms with Crippen LogP contribution in [0.5, 0.6) is 0 Å². The van der Waals surface area contributed by atoms with Crippen LogP contribution < -0.4 is 0 Å². The standard InChI is InChI=1S/C19H22N2OS/c23-19-15-22-12-11-21(19)16-20(13-17-7-3-1-4-8-17)14-18-9-5-2-6-10-18/h1-10H,11-16H2. The van der Waals surface area contributed by atoms with Crippen LogP contribution in [0.4, 0.5) is 0 Å². The number of nitrogens with zero attached hydrogens (tertiary/aromatic N) is 2. The van der Waals surface area contributed by atoms with Gasteiger partial charge in [0.25, 0.3) is 0 Å². The van der Waals surface area contributed by atoms with Crippen molar-refractivity contribution in [2.75, 3.05) is 26.4 Å². The average molecular weight is 326 g/mol. The fraction of sp³-hybridized carbons (Fsp3) is 0.316. The molecule has 0 unspecified atom stereocenters. The van der Waals surface area contributed by atoms with Crippen LogP contribution >= 0.6 is 12.2 Å². The lowest BCUT2D eigenvalue weighted by molar-refractivity contribution is 0.0848. The van der Waals surface area contributed by atoms with Crippen molar-refractivity contribution in [3.05, 3.63) is 71.8 Å². The molecule has 0 spiro atoms. The van der Waals surface area contributed by atoms with Gasteiger partial charge in [-0.2, -0.15) is 0 Å². The summed E-state index contributed by atoms with van der Waals surface area (Å²) in [5, 5.41) is 0. The maximum atomic E-state index is 5.45. The molecule has 3 rings (SSSR count). The van der Waals surface area contributed by atoms with E-state index in [1.807, 2.05) is 0 Å². The first-order valence-corrected chi connectivity index (χ1v) is 8.38. The first kappa shape index (κ1) is 16.1. The van der Waals surface area contributed by atoms with Gasteiger partial charge in [-0.3, -0.25) is 4.90 Å². The molecular weight excluding hydrogens is 304 g/mol. The molecule has 4 heteroatoms. The third-order valence-corrected chi connectivity index (χ3v) is 4.33. The molecule has 0 aliphatic carbocycles. The molecule has 1 fully saturated rings. The van der Waals surface area contributed by atoms with Gasteiger partial charge < -0.3 is 9.64 Å². The molecule has 0 N–H and O–H groups in total. The van der Waals surface area contributed by atoms with Crippen LogP contribution in [0.3, 0.4) is 0 Å². The van der Waals surface area contributed by atoms with Crippen LogP contribution in [-0.2, 0) is 17.8 Å². The molecule has 2 aromatic rings. The third-order valence-electron chi connectivity index (χ3n) is 3.95. The predicted octanol–water partition coefficient (Wildman–Crippen LogP) is 3.31. The summed E-state index contributed by atoms with van der Waals surface area (Å²) >= 11 is 5.45. The highest BCUT2D eigenvalue weighted by atomic mass is 32.1. The lowest BCUT2D eigenvalue weighted by atomic mass is 10.2. The first-order valence-electron chi connectivity index (χ1n) is 7.97. The molecule has 1 heterocycles. The first-order chi connectivity index (χ1) is 11.3. The van der Waals surface area contributed by atoms with E-state index in [0.29, 0.717) is 6.61 Å². The highest BCUT2D eigenvalue weighted by Crippen LogP contribution is 2.12. The zero-order chi connectivity index (χ0) is 15.9. The van der Waals surface area contributed by atoms with Gasteiger partial charge in [0.2, 0.25) is 0 Å². The second-order valence-corrected chi connectivity index (χ2v) is 6.28. The Morgan fingerprint density at radius 2 is 1.48 bits per heavy atom. The third kappa shape index (κ3) is 4.86. The second-order valence-electron chi connectivity index (χ2n) is 5.81. The molecule has 0 radical (unpaired) electrons. The van der Waals surface area contributed by atoms with Crippen LogP contribution in [0.2, 0.25) is 0 Å². The van der Waals surface area contributed by atoms with Crippen LogP contribution in [0.25, 0.3) is 0 Å². The van der Waals surface area contributed by atoms with E-state index in [4.69, 9.17) is 17.0 Å². The maximum Gasteiger partial charge on any atom is 0.105 e. The summed E-state index contributed by atoms with van der Waals surface area (Å²) in [5.74, 6) is 0. The molecule has 23 heavy (non-hydrogen) atoms. The Labute approximate surface area is 143 Å². The number of thiocarbonyl (C=S) groups is 1. The molecule has 1 saturated heterocycles. The number of benzene rings is 2. The van der Waals surface area contributed by atoms with Gasteiger partial charge >= 0.3 is 0 Å². The Morgan fingerprint density at radius 3 is 2.00 bits per heavy atom. The van der Waals surface area contributed by atoms with Crippen molar-refractivity contribution in [3.63, 3.8) is 0 Å². The van der Waals surface area contributed by atoms with Crippen molar-refractivity contribution < 1.29 is 4.74 Å². The Morgan fingerprint density at radius 1 is 0.913 bits per heavy atom.